The summed E-state index contributed by atoms with van der Waals surface area (Å²) in [6.07, 6.45) is 3.39. The lowest BCUT2D eigenvalue weighted by atomic mass is 10.0. The highest BCUT2D eigenvalue weighted by Crippen LogP contribution is 2.25. The molecule has 2 rings (SSSR count). The maximum absolute atomic E-state index is 12.9. The van der Waals surface area contributed by atoms with Crippen LogP contribution in [0.5, 0.6) is 0 Å². The number of hydrogen-bond donors (Lipinski definition) is 2. The molecule has 0 bridgehead atoms. The van der Waals surface area contributed by atoms with Crippen LogP contribution in [0.1, 0.15) is 36.1 Å². The second-order valence-corrected chi connectivity index (χ2v) is 5.00. The molecule has 100 valence electrons. The van der Waals surface area contributed by atoms with Crippen molar-refractivity contribution in [2.24, 2.45) is 0 Å². The topological polar surface area (TPSA) is 32.3 Å². The summed E-state index contributed by atoms with van der Waals surface area (Å²) in [5.41, 5.74) is 3.76. The predicted octanol–water partition coefficient (Wildman–Crippen LogP) is 2.45. The van der Waals surface area contributed by atoms with Crippen molar-refractivity contribution in [2.45, 2.75) is 38.2 Å². The van der Waals surface area contributed by atoms with Crippen molar-refractivity contribution in [3.05, 3.63) is 34.9 Å². The van der Waals surface area contributed by atoms with Crippen LogP contribution in [0.15, 0.2) is 18.2 Å². The smallest absolute Gasteiger partial charge is 0.282 e. The molecule has 1 unspecified atom stereocenters. The summed E-state index contributed by atoms with van der Waals surface area (Å²) >= 11 is 0. The van der Waals surface area contributed by atoms with Gasteiger partial charge in [-0.1, -0.05) is 18.2 Å². The highest BCUT2D eigenvalue weighted by Gasteiger charge is 2.28. The second-order valence-electron chi connectivity index (χ2n) is 5.00. The first-order valence-electron chi connectivity index (χ1n) is 6.35. The fraction of sp³-hybridized carbons (Fsp3) is 0.571. The standard InChI is InChI=1S/C14H19F2NO/c1-10(17-8-14(15,16)9-18)12-6-5-11-3-2-4-13(11)7-12/h5-7,10,17-18H,2-4,8-9H2,1H3. The highest BCUT2D eigenvalue weighted by atomic mass is 19.3. The maximum atomic E-state index is 12.9. The first-order chi connectivity index (χ1) is 8.52. The Morgan fingerprint density at radius 1 is 1.33 bits per heavy atom. The Labute approximate surface area is 106 Å². The van der Waals surface area contributed by atoms with E-state index < -0.39 is 19.1 Å². The number of rotatable bonds is 5. The van der Waals surface area contributed by atoms with Crippen molar-refractivity contribution in [1.29, 1.82) is 0 Å². The minimum absolute atomic E-state index is 0.131. The van der Waals surface area contributed by atoms with Gasteiger partial charge in [0.2, 0.25) is 0 Å². The van der Waals surface area contributed by atoms with Crippen LogP contribution < -0.4 is 5.32 Å². The van der Waals surface area contributed by atoms with Crippen LogP contribution in [-0.4, -0.2) is 24.2 Å². The number of hydrogen-bond acceptors (Lipinski definition) is 2. The maximum Gasteiger partial charge on any atom is 0.282 e. The summed E-state index contributed by atoms with van der Waals surface area (Å²) in [5, 5.41) is 11.3. The zero-order valence-corrected chi connectivity index (χ0v) is 10.5. The van der Waals surface area contributed by atoms with Gasteiger partial charge in [-0.15, -0.1) is 0 Å². The number of aliphatic hydroxyl groups is 1. The Kier molecular flexibility index (Phi) is 3.97. The zero-order valence-electron chi connectivity index (χ0n) is 10.5. The Morgan fingerprint density at radius 3 is 2.78 bits per heavy atom. The molecule has 2 N–H and O–H groups in total. The molecule has 1 atom stereocenters. The van der Waals surface area contributed by atoms with Gasteiger partial charge in [0, 0.05) is 6.04 Å². The van der Waals surface area contributed by atoms with Gasteiger partial charge in [-0.3, -0.25) is 0 Å². The van der Waals surface area contributed by atoms with E-state index in [1.165, 1.54) is 17.5 Å². The number of aryl methyl sites for hydroxylation is 2. The van der Waals surface area contributed by atoms with Crippen LogP contribution >= 0.6 is 0 Å². The van der Waals surface area contributed by atoms with Gasteiger partial charge < -0.3 is 10.4 Å². The Bertz CT molecular complexity index is 420. The second kappa shape index (κ2) is 5.33. The average molecular weight is 255 g/mol. The molecule has 1 aliphatic rings. The van der Waals surface area contributed by atoms with Crippen molar-refractivity contribution < 1.29 is 13.9 Å². The molecular weight excluding hydrogens is 236 g/mol. The lowest BCUT2D eigenvalue weighted by molar-refractivity contribution is -0.0490. The largest absolute Gasteiger partial charge is 0.390 e. The first-order valence-corrected chi connectivity index (χ1v) is 6.35. The van der Waals surface area contributed by atoms with Crippen molar-refractivity contribution in [2.75, 3.05) is 13.2 Å². The van der Waals surface area contributed by atoms with Gasteiger partial charge in [-0.2, -0.15) is 0 Å². The van der Waals surface area contributed by atoms with E-state index in [4.69, 9.17) is 5.11 Å². The molecule has 0 aliphatic heterocycles. The van der Waals surface area contributed by atoms with E-state index in [0.29, 0.717) is 0 Å². The van der Waals surface area contributed by atoms with E-state index in [9.17, 15) is 8.78 Å². The van der Waals surface area contributed by atoms with Crippen LogP contribution in [-0.2, 0) is 12.8 Å². The summed E-state index contributed by atoms with van der Waals surface area (Å²) in [4.78, 5) is 0. The molecule has 4 heteroatoms. The molecule has 1 aromatic carbocycles. The predicted molar refractivity (Wildman–Crippen MR) is 66.9 cm³/mol. The molecule has 1 aliphatic carbocycles. The molecule has 0 heterocycles. The molecule has 2 nitrogen and oxygen atoms in total. The third-order valence-corrected chi connectivity index (χ3v) is 3.52. The Balaban J connectivity index is 1.99. The van der Waals surface area contributed by atoms with Crippen LogP contribution in [0, 0.1) is 0 Å². The minimum atomic E-state index is -3.05. The minimum Gasteiger partial charge on any atom is -0.390 e. The quantitative estimate of drug-likeness (QED) is 0.847. The highest BCUT2D eigenvalue weighted by molar-refractivity contribution is 5.36. The van der Waals surface area contributed by atoms with Gasteiger partial charge in [0.1, 0.15) is 6.61 Å². The lowest BCUT2D eigenvalue weighted by Gasteiger charge is -2.19. The van der Waals surface area contributed by atoms with Crippen LogP contribution in [0.25, 0.3) is 0 Å². The number of halogens is 2. The fourth-order valence-electron chi connectivity index (χ4n) is 2.34. The molecular formula is C14H19F2NO. The van der Waals surface area contributed by atoms with Crippen molar-refractivity contribution in [3.63, 3.8) is 0 Å². The number of nitrogens with one attached hydrogen (secondary N) is 1. The average Bonchev–Trinajstić information content (AvgIpc) is 2.83. The van der Waals surface area contributed by atoms with Crippen LogP contribution in [0.2, 0.25) is 0 Å². The molecule has 0 spiro atoms. The summed E-state index contributed by atoms with van der Waals surface area (Å²) < 4.78 is 25.9. The SMILES string of the molecule is CC(NCC(F)(F)CO)c1ccc2c(c1)CCC2. The fourth-order valence-corrected chi connectivity index (χ4v) is 2.34. The lowest BCUT2D eigenvalue weighted by Crippen LogP contribution is -2.37. The number of aliphatic hydroxyl groups excluding tert-OH is 1. The van der Waals surface area contributed by atoms with Crippen molar-refractivity contribution in [3.8, 4) is 0 Å². The van der Waals surface area contributed by atoms with Gasteiger partial charge in [0.15, 0.2) is 0 Å². The molecule has 0 saturated heterocycles. The van der Waals surface area contributed by atoms with Crippen molar-refractivity contribution >= 4 is 0 Å². The normalized spacial score (nSPS) is 16.7. The van der Waals surface area contributed by atoms with Gasteiger partial charge in [0.25, 0.3) is 5.92 Å². The third-order valence-electron chi connectivity index (χ3n) is 3.52. The summed E-state index contributed by atoms with van der Waals surface area (Å²) in [6.45, 7) is 0.253. The van der Waals surface area contributed by atoms with E-state index in [1.54, 1.807) is 0 Å². The van der Waals surface area contributed by atoms with E-state index >= 15 is 0 Å². The number of benzene rings is 1. The zero-order chi connectivity index (χ0) is 13.2. The van der Waals surface area contributed by atoms with Gasteiger partial charge in [-0.05, 0) is 42.9 Å². The molecule has 0 fully saturated rings. The monoisotopic (exact) mass is 255 g/mol. The van der Waals surface area contributed by atoms with E-state index in [-0.39, 0.29) is 6.04 Å². The van der Waals surface area contributed by atoms with Crippen LogP contribution in [0.3, 0.4) is 0 Å². The van der Waals surface area contributed by atoms with Gasteiger partial charge in [0.05, 0.1) is 6.54 Å². The summed E-state index contributed by atoms with van der Waals surface area (Å²) in [5.74, 6) is -3.05. The molecule has 18 heavy (non-hydrogen) atoms. The molecule has 0 aromatic heterocycles. The van der Waals surface area contributed by atoms with Gasteiger partial charge >= 0.3 is 0 Å². The molecule has 0 amide bonds. The third kappa shape index (κ3) is 3.06. The van der Waals surface area contributed by atoms with Crippen LogP contribution in [0.4, 0.5) is 8.78 Å². The molecule has 0 saturated carbocycles. The molecule has 1 aromatic rings. The summed E-state index contributed by atoms with van der Waals surface area (Å²) in [6, 6.07) is 6.07. The molecule has 0 radical (unpaired) electrons. The number of fused-ring (bicyclic) bond motifs is 1. The van der Waals surface area contributed by atoms with Gasteiger partial charge in [-0.25, -0.2) is 8.78 Å². The van der Waals surface area contributed by atoms with Crippen molar-refractivity contribution in [1.82, 2.24) is 5.32 Å². The van der Waals surface area contributed by atoms with E-state index in [1.807, 2.05) is 13.0 Å². The Morgan fingerprint density at radius 2 is 2.06 bits per heavy atom. The summed E-state index contributed by atoms with van der Waals surface area (Å²) in [7, 11) is 0. The first kappa shape index (κ1) is 13.4. The van der Waals surface area contributed by atoms with E-state index in [2.05, 4.69) is 17.4 Å². The number of alkyl halides is 2. The van der Waals surface area contributed by atoms with E-state index in [0.717, 1.165) is 18.4 Å². The Hall–Kier alpha value is -1.00.